The maximum Gasteiger partial charge on any atom is 0.0813 e. The van der Waals surface area contributed by atoms with E-state index >= 15 is 0 Å². The van der Waals surface area contributed by atoms with Crippen molar-refractivity contribution < 1.29 is 15.3 Å². The van der Waals surface area contributed by atoms with Crippen LogP contribution >= 0.6 is 0 Å². The fourth-order valence-electron chi connectivity index (χ4n) is 9.97. The molecule has 144 valence electrons. The van der Waals surface area contributed by atoms with Crippen LogP contribution in [0.5, 0.6) is 0 Å². The monoisotopic (exact) mass is 359 g/mol. The van der Waals surface area contributed by atoms with Crippen molar-refractivity contribution in [1.29, 1.82) is 0 Å². The number of aliphatic hydroxyl groups excluding tert-OH is 3. The van der Waals surface area contributed by atoms with Crippen molar-refractivity contribution in [2.24, 2.45) is 39.9 Å². The normalized spacial score (nSPS) is 65.5. The van der Waals surface area contributed by atoms with E-state index in [0.29, 0.717) is 17.9 Å². The van der Waals surface area contributed by atoms with Crippen molar-refractivity contribution >= 4 is 0 Å². The lowest BCUT2D eigenvalue weighted by atomic mass is 9.43. The molecular weight excluding hydrogens is 326 g/mol. The number of likely N-dealkylation sites (tertiary alicyclic amines) is 1. The molecule has 26 heavy (non-hydrogen) atoms. The molecule has 1 saturated heterocycles. The number of nitrogens with zero attached hydrogens (tertiary/aromatic N) is 1. The average molecular weight is 360 g/mol. The van der Waals surface area contributed by atoms with Gasteiger partial charge >= 0.3 is 0 Å². The molecule has 1 heterocycles. The predicted molar refractivity (Wildman–Crippen MR) is 98.2 cm³/mol. The molecule has 6 fully saturated rings. The molecule has 0 amide bonds. The molecule has 5 aliphatic carbocycles. The largest absolute Gasteiger partial charge is 0.392 e. The van der Waals surface area contributed by atoms with E-state index in [2.05, 4.69) is 25.3 Å². The summed E-state index contributed by atoms with van der Waals surface area (Å²) in [5.41, 5.74) is 0.849. The highest BCUT2D eigenvalue weighted by molar-refractivity contribution is 5.39. The maximum atomic E-state index is 11.5. The molecule has 4 nitrogen and oxygen atoms in total. The van der Waals surface area contributed by atoms with E-state index in [1.165, 1.54) is 0 Å². The highest BCUT2D eigenvalue weighted by Gasteiger charge is 2.85. The van der Waals surface area contributed by atoms with Crippen LogP contribution in [-0.2, 0) is 0 Å². The third-order valence-corrected chi connectivity index (χ3v) is 10.6. The van der Waals surface area contributed by atoms with Gasteiger partial charge in [-0.1, -0.05) is 20.4 Å². The van der Waals surface area contributed by atoms with Gasteiger partial charge in [-0.3, -0.25) is 4.90 Å². The molecule has 3 unspecified atom stereocenters. The van der Waals surface area contributed by atoms with Crippen molar-refractivity contribution in [2.75, 3.05) is 13.1 Å². The topological polar surface area (TPSA) is 63.9 Å². The summed E-state index contributed by atoms with van der Waals surface area (Å²) < 4.78 is 0. The Kier molecular flexibility index (Phi) is 2.92. The van der Waals surface area contributed by atoms with E-state index in [1.807, 2.05) is 0 Å². The zero-order valence-electron chi connectivity index (χ0n) is 16.1. The summed E-state index contributed by atoms with van der Waals surface area (Å²) in [6, 6.07) is 0.373. The summed E-state index contributed by atoms with van der Waals surface area (Å²) in [6.45, 7) is 11.1. The summed E-state index contributed by atoms with van der Waals surface area (Å²) in [6.07, 6.45) is 3.58. The van der Waals surface area contributed by atoms with Crippen LogP contribution in [0.3, 0.4) is 0 Å². The van der Waals surface area contributed by atoms with Crippen LogP contribution in [0, 0.1) is 39.9 Å². The van der Waals surface area contributed by atoms with Gasteiger partial charge < -0.3 is 15.3 Å². The second kappa shape index (κ2) is 4.59. The lowest BCUT2D eigenvalue weighted by Gasteiger charge is -2.65. The smallest absolute Gasteiger partial charge is 0.0813 e. The lowest BCUT2D eigenvalue weighted by Crippen LogP contribution is -2.68. The minimum Gasteiger partial charge on any atom is -0.392 e. The van der Waals surface area contributed by atoms with Gasteiger partial charge in [0, 0.05) is 29.3 Å². The van der Waals surface area contributed by atoms with Crippen molar-refractivity contribution in [3.8, 4) is 0 Å². The highest BCUT2D eigenvalue weighted by atomic mass is 16.3. The van der Waals surface area contributed by atoms with Gasteiger partial charge in [0.2, 0.25) is 0 Å². The molecule has 3 N–H and O–H groups in total. The van der Waals surface area contributed by atoms with Crippen LogP contribution in [0.4, 0.5) is 0 Å². The third kappa shape index (κ3) is 1.37. The number of rotatable bonds is 1. The van der Waals surface area contributed by atoms with Gasteiger partial charge in [-0.05, 0) is 67.4 Å². The molecule has 11 atom stereocenters. The van der Waals surface area contributed by atoms with Gasteiger partial charge in [0.25, 0.3) is 0 Å². The first-order valence-electron chi connectivity index (χ1n) is 10.8. The summed E-state index contributed by atoms with van der Waals surface area (Å²) in [4.78, 5) is 2.65. The summed E-state index contributed by atoms with van der Waals surface area (Å²) in [5, 5.41) is 33.8. The molecular formula is C22H33NO3. The van der Waals surface area contributed by atoms with Crippen LogP contribution in [0.1, 0.15) is 46.0 Å². The Hall–Kier alpha value is -0.420. The van der Waals surface area contributed by atoms with Crippen LogP contribution in [0.2, 0.25) is 0 Å². The molecule has 0 radical (unpaired) electrons. The molecule has 6 aliphatic rings. The summed E-state index contributed by atoms with van der Waals surface area (Å²) in [5.74, 6) is 1.26. The van der Waals surface area contributed by atoms with Crippen LogP contribution < -0.4 is 0 Å². The zero-order valence-corrected chi connectivity index (χ0v) is 16.1. The molecule has 6 rings (SSSR count). The highest BCUT2D eigenvalue weighted by Crippen LogP contribution is 2.83. The van der Waals surface area contributed by atoms with Gasteiger partial charge in [0.15, 0.2) is 0 Å². The standard InChI is InChI=1S/C22H33NO3/c1-4-23-10-20(3)6-5-17(25)22-15(20)7-13(18(22)23)21-9-12(11(2)19(21)26)14(24)8-16(21)22/h12-19,24-26H,2,4-10H2,1,3H3/t12?,13-,14+,15?,16?,17-,18+,19+,20-,21-,22-/m0/s1. The van der Waals surface area contributed by atoms with E-state index < -0.39 is 12.2 Å². The van der Waals surface area contributed by atoms with E-state index in [-0.39, 0.29) is 34.2 Å². The quantitative estimate of drug-likeness (QED) is 0.625. The third-order valence-electron chi connectivity index (χ3n) is 10.6. The zero-order chi connectivity index (χ0) is 18.2. The van der Waals surface area contributed by atoms with Gasteiger partial charge in [-0.25, -0.2) is 0 Å². The number of hydrogen-bond donors (Lipinski definition) is 3. The van der Waals surface area contributed by atoms with Gasteiger partial charge in [0.1, 0.15) is 0 Å². The SMILES string of the molecule is C=C1C2C[C@]3(C(C[C@H]2O)[C@]24C5C[C@H]3[C@H]2N(CC)C[C@]5(C)CC[C@@H]4O)[C@@H]1O. The van der Waals surface area contributed by atoms with Crippen molar-refractivity contribution in [3.63, 3.8) is 0 Å². The summed E-state index contributed by atoms with van der Waals surface area (Å²) >= 11 is 0. The predicted octanol–water partition coefficient (Wildman–Crippen LogP) is 1.79. The van der Waals surface area contributed by atoms with E-state index in [0.717, 1.165) is 50.8 Å². The van der Waals surface area contributed by atoms with Crippen LogP contribution in [-0.4, -0.2) is 57.7 Å². The number of fused-ring (bicyclic) bond motifs is 1. The minimum absolute atomic E-state index is 0.0547. The first-order chi connectivity index (χ1) is 12.3. The van der Waals surface area contributed by atoms with E-state index in [4.69, 9.17) is 0 Å². The fourth-order valence-corrected chi connectivity index (χ4v) is 9.97. The molecule has 5 saturated carbocycles. The van der Waals surface area contributed by atoms with Crippen LogP contribution in [0.15, 0.2) is 12.2 Å². The first kappa shape index (κ1) is 16.5. The van der Waals surface area contributed by atoms with E-state index in [1.54, 1.807) is 0 Å². The number of aliphatic hydroxyl groups is 3. The molecule has 2 spiro atoms. The Morgan fingerprint density at radius 1 is 1.19 bits per heavy atom. The Labute approximate surface area is 156 Å². The van der Waals surface area contributed by atoms with Crippen LogP contribution in [0.25, 0.3) is 0 Å². The number of hydrogen-bond acceptors (Lipinski definition) is 4. The maximum absolute atomic E-state index is 11.5. The van der Waals surface area contributed by atoms with Crippen molar-refractivity contribution in [2.45, 2.75) is 70.3 Å². The van der Waals surface area contributed by atoms with E-state index in [9.17, 15) is 15.3 Å². The second-order valence-electron chi connectivity index (χ2n) is 10.9. The fraction of sp³-hybridized carbons (Fsp3) is 0.909. The summed E-state index contributed by atoms with van der Waals surface area (Å²) in [7, 11) is 0. The molecule has 7 bridgehead atoms. The molecule has 0 aromatic carbocycles. The minimum atomic E-state index is -0.500. The van der Waals surface area contributed by atoms with Crippen molar-refractivity contribution in [1.82, 2.24) is 4.90 Å². The Morgan fingerprint density at radius 3 is 2.69 bits per heavy atom. The van der Waals surface area contributed by atoms with Gasteiger partial charge in [-0.15, -0.1) is 0 Å². The molecule has 0 aromatic rings. The van der Waals surface area contributed by atoms with Crippen molar-refractivity contribution in [3.05, 3.63) is 12.2 Å². The average Bonchev–Trinajstić information content (AvgIpc) is 3.14. The molecule has 0 aromatic heterocycles. The Morgan fingerprint density at radius 2 is 1.96 bits per heavy atom. The molecule has 1 aliphatic heterocycles. The van der Waals surface area contributed by atoms with Gasteiger partial charge in [-0.2, -0.15) is 0 Å². The molecule has 4 heteroatoms. The second-order valence-corrected chi connectivity index (χ2v) is 10.9. The Bertz CT molecular complexity index is 695. The number of piperidine rings is 1. The first-order valence-corrected chi connectivity index (χ1v) is 10.8. The lowest BCUT2D eigenvalue weighted by molar-refractivity contribution is -0.218. The Balaban J connectivity index is 1.61. The van der Waals surface area contributed by atoms with Gasteiger partial charge in [0.05, 0.1) is 18.3 Å².